The first-order chi connectivity index (χ1) is 7.27. The van der Waals surface area contributed by atoms with Gasteiger partial charge in [0.05, 0.1) is 0 Å². The maximum atomic E-state index is 9.25. The minimum Gasteiger partial charge on any atom is -0.506 e. The third-order valence-corrected chi connectivity index (χ3v) is 1.86. The Morgan fingerprint density at radius 3 is 2.38 bits per heavy atom. The molecule has 0 bridgehead atoms. The summed E-state index contributed by atoms with van der Waals surface area (Å²) in [5.41, 5.74) is 0.895. The number of halogens is 1. The molecule has 0 aliphatic rings. The Kier molecular flexibility index (Phi) is 3.96. The molecule has 1 heterocycles. The van der Waals surface area contributed by atoms with Gasteiger partial charge >= 0.3 is 7.82 Å². The summed E-state index contributed by atoms with van der Waals surface area (Å²) in [5.74, 6) is 0.238. The van der Waals surface area contributed by atoms with Gasteiger partial charge in [0.15, 0.2) is 0 Å². The molecule has 0 aliphatic heterocycles. The maximum absolute atomic E-state index is 9.25. The summed E-state index contributed by atoms with van der Waals surface area (Å²) in [6.45, 7) is 0. The van der Waals surface area contributed by atoms with Crippen molar-refractivity contribution in [2.45, 2.75) is 0 Å². The number of hydrogen-bond acceptors (Lipinski definition) is 2. The topological polar surface area (TPSA) is 114 Å². The quantitative estimate of drug-likeness (QED) is 0.464. The summed E-state index contributed by atoms with van der Waals surface area (Å²) in [6.07, 6.45) is 1.54. The van der Waals surface area contributed by atoms with Crippen LogP contribution in [0.1, 0.15) is 0 Å². The van der Waals surface area contributed by atoms with Crippen LogP contribution in [0.3, 0.4) is 0 Å². The van der Waals surface area contributed by atoms with E-state index >= 15 is 0 Å². The lowest BCUT2D eigenvalue weighted by Crippen LogP contribution is -1.66. The highest BCUT2D eigenvalue weighted by molar-refractivity contribution is 7.45. The van der Waals surface area contributed by atoms with Crippen molar-refractivity contribution in [1.82, 2.24) is 4.98 Å². The molecule has 2 aromatic rings. The first-order valence-corrected chi connectivity index (χ1v) is 5.95. The molecule has 6 nitrogen and oxygen atoms in total. The van der Waals surface area contributed by atoms with Crippen molar-refractivity contribution in [2.75, 3.05) is 0 Å². The van der Waals surface area contributed by atoms with Crippen LogP contribution in [0, 0.1) is 0 Å². The van der Waals surface area contributed by atoms with Crippen molar-refractivity contribution in [3.8, 4) is 5.75 Å². The Morgan fingerprint density at radius 2 is 1.81 bits per heavy atom. The second kappa shape index (κ2) is 4.86. The van der Waals surface area contributed by atoms with Crippen LogP contribution in [0.15, 0.2) is 24.4 Å². The molecule has 8 heteroatoms. The van der Waals surface area contributed by atoms with Crippen LogP contribution in [0.4, 0.5) is 0 Å². The van der Waals surface area contributed by atoms with Gasteiger partial charge in [-0.3, -0.25) is 0 Å². The zero-order valence-electron chi connectivity index (χ0n) is 7.83. The SMILES string of the molecule is O=P(O)(O)O.Oc1c[nH]c2ccc(Cl)cc12. The summed E-state index contributed by atoms with van der Waals surface area (Å²) in [7, 11) is -4.64. The first kappa shape index (κ1) is 13.0. The fourth-order valence-corrected chi connectivity index (χ4v) is 1.25. The average Bonchev–Trinajstić information content (AvgIpc) is 2.45. The lowest BCUT2D eigenvalue weighted by molar-refractivity contribution is 0.275. The molecule has 0 fully saturated rings. The Bertz CT molecular complexity index is 526. The second-order valence-corrected chi connectivity index (χ2v) is 4.34. The molecule has 0 radical (unpaired) electrons. The lowest BCUT2D eigenvalue weighted by atomic mass is 10.2. The van der Waals surface area contributed by atoms with Gasteiger partial charge in [-0.05, 0) is 18.2 Å². The lowest BCUT2D eigenvalue weighted by Gasteiger charge is -1.90. The van der Waals surface area contributed by atoms with Crippen LogP contribution < -0.4 is 0 Å². The number of H-pyrrole nitrogens is 1. The van der Waals surface area contributed by atoms with Gasteiger partial charge in [0.1, 0.15) is 5.75 Å². The van der Waals surface area contributed by atoms with Crippen LogP contribution >= 0.6 is 19.4 Å². The molecule has 1 aromatic carbocycles. The highest BCUT2D eigenvalue weighted by Crippen LogP contribution is 2.26. The van der Waals surface area contributed by atoms with Crippen molar-refractivity contribution in [2.24, 2.45) is 0 Å². The molecule has 0 aliphatic carbocycles. The third kappa shape index (κ3) is 4.22. The summed E-state index contributed by atoms with van der Waals surface area (Å²) in [6, 6.07) is 5.33. The predicted molar refractivity (Wildman–Crippen MR) is 59.2 cm³/mol. The summed E-state index contributed by atoms with van der Waals surface area (Å²) in [4.78, 5) is 24.5. The molecule has 16 heavy (non-hydrogen) atoms. The standard InChI is InChI=1S/C8H6ClNO.H3O4P/c9-5-1-2-7-6(3-5)8(11)4-10-7;1-5(2,3)4/h1-4,10-11H;(H3,1,2,3,4). The molecule has 5 N–H and O–H groups in total. The fraction of sp³-hybridized carbons (Fsp3) is 0. The molecule has 0 spiro atoms. The smallest absolute Gasteiger partial charge is 0.466 e. The van der Waals surface area contributed by atoms with E-state index in [0.717, 1.165) is 10.9 Å². The molecule has 2 rings (SSSR count). The van der Waals surface area contributed by atoms with E-state index in [0.29, 0.717) is 5.02 Å². The normalized spacial score (nSPS) is 11.0. The number of aromatic hydroxyl groups is 1. The van der Waals surface area contributed by atoms with Gasteiger partial charge in [-0.25, -0.2) is 4.57 Å². The number of aromatic nitrogens is 1. The van der Waals surface area contributed by atoms with Crippen LogP contribution in [0.5, 0.6) is 5.75 Å². The van der Waals surface area contributed by atoms with E-state index in [2.05, 4.69) is 4.98 Å². The van der Waals surface area contributed by atoms with Gasteiger partial charge in [-0.1, -0.05) is 11.6 Å². The maximum Gasteiger partial charge on any atom is 0.466 e. The zero-order valence-corrected chi connectivity index (χ0v) is 9.48. The van der Waals surface area contributed by atoms with E-state index < -0.39 is 7.82 Å². The van der Waals surface area contributed by atoms with E-state index in [1.807, 2.05) is 6.07 Å². The first-order valence-electron chi connectivity index (χ1n) is 4.01. The molecule has 0 saturated carbocycles. The van der Waals surface area contributed by atoms with Gasteiger partial charge in [0.25, 0.3) is 0 Å². The molecule has 0 unspecified atom stereocenters. The summed E-state index contributed by atoms with van der Waals surface area (Å²) < 4.78 is 8.88. The second-order valence-electron chi connectivity index (χ2n) is 2.88. The Morgan fingerprint density at radius 1 is 1.25 bits per heavy atom. The van der Waals surface area contributed by atoms with Crippen LogP contribution in [-0.4, -0.2) is 24.8 Å². The highest BCUT2D eigenvalue weighted by atomic mass is 35.5. The molecule has 1 aromatic heterocycles. The van der Waals surface area contributed by atoms with Crippen molar-refractivity contribution in [3.05, 3.63) is 29.4 Å². The Balaban J connectivity index is 0.000000221. The summed E-state index contributed by atoms with van der Waals surface area (Å²) >= 11 is 5.72. The molecule has 0 atom stereocenters. The van der Waals surface area contributed by atoms with Gasteiger partial charge in [-0.15, -0.1) is 0 Å². The molecule has 0 amide bonds. The van der Waals surface area contributed by atoms with Gasteiger partial charge < -0.3 is 24.8 Å². The predicted octanol–water partition coefficient (Wildman–Crippen LogP) is 1.60. The number of rotatable bonds is 0. The van der Waals surface area contributed by atoms with Crippen molar-refractivity contribution < 1.29 is 24.4 Å². The number of phosphoric acid groups is 1. The van der Waals surface area contributed by atoms with Crippen LogP contribution in [0.25, 0.3) is 10.9 Å². The average molecular weight is 266 g/mol. The zero-order chi connectivity index (χ0) is 12.3. The molecular formula is C8H9ClNO5P. The van der Waals surface area contributed by atoms with Gasteiger partial charge in [-0.2, -0.15) is 0 Å². The van der Waals surface area contributed by atoms with E-state index in [-0.39, 0.29) is 5.75 Å². The number of hydrogen-bond donors (Lipinski definition) is 5. The number of benzene rings is 1. The van der Waals surface area contributed by atoms with E-state index in [1.54, 1.807) is 18.3 Å². The van der Waals surface area contributed by atoms with Gasteiger partial charge in [0, 0.05) is 22.1 Å². The minimum absolute atomic E-state index is 0.238. The molecule has 88 valence electrons. The Labute approximate surface area is 95.4 Å². The fourth-order valence-electron chi connectivity index (χ4n) is 1.08. The van der Waals surface area contributed by atoms with Crippen LogP contribution in [-0.2, 0) is 4.57 Å². The number of aromatic amines is 1. The summed E-state index contributed by atoms with van der Waals surface area (Å²) in [5, 5.41) is 10.6. The highest BCUT2D eigenvalue weighted by Gasteiger charge is 2.01. The van der Waals surface area contributed by atoms with E-state index in [9.17, 15) is 5.11 Å². The monoisotopic (exact) mass is 265 g/mol. The number of nitrogens with one attached hydrogen (secondary N) is 1. The molecule has 0 saturated heterocycles. The van der Waals surface area contributed by atoms with Crippen molar-refractivity contribution in [1.29, 1.82) is 0 Å². The minimum atomic E-state index is -4.64. The van der Waals surface area contributed by atoms with E-state index in [4.69, 9.17) is 30.8 Å². The van der Waals surface area contributed by atoms with Crippen molar-refractivity contribution in [3.63, 3.8) is 0 Å². The third-order valence-electron chi connectivity index (χ3n) is 1.62. The van der Waals surface area contributed by atoms with Gasteiger partial charge in [0.2, 0.25) is 0 Å². The van der Waals surface area contributed by atoms with E-state index in [1.165, 1.54) is 0 Å². The largest absolute Gasteiger partial charge is 0.506 e. The Hall–Kier alpha value is -1.04. The molecular weight excluding hydrogens is 257 g/mol. The van der Waals surface area contributed by atoms with Crippen LogP contribution in [0.2, 0.25) is 5.02 Å². The number of fused-ring (bicyclic) bond motifs is 1. The van der Waals surface area contributed by atoms with Crippen molar-refractivity contribution >= 4 is 30.3 Å².